The monoisotopic (exact) mass is 198 g/mol. The second-order valence-corrected chi connectivity index (χ2v) is 4.08. The molecule has 3 N–H and O–H groups in total. The molecule has 0 heterocycles. The first-order chi connectivity index (χ1) is 6.54. The number of hydrogen-bond acceptors (Lipinski definition) is 4. The van der Waals surface area contributed by atoms with Crippen molar-refractivity contribution in [1.82, 2.24) is 5.43 Å². The lowest BCUT2D eigenvalue weighted by Crippen LogP contribution is -2.62. The van der Waals surface area contributed by atoms with Crippen LogP contribution in [0, 0.1) is 5.92 Å². The van der Waals surface area contributed by atoms with Crippen molar-refractivity contribution < 1.29 is 9.59 Å². The Balaban J connectivity index is 2.98. The summed E-state index contributed by atoms with van der Waals surface area (Å²) >= 11 is 0. The highest BCUT2D eigenvalue weighted by molar-refractivity contribution is 5.93. The van der Waals surface area contributed by atoms with E-state index in [0.29, 0.717) is 6.42 Å². The Hall–Kier alpha value is -0.740. The number of nitrogens with one attached hydrogen (secondary N) is 1. The van der Waals surface area contributed by atoms with E-state index >= 15 is 0 Å². The molecule has 14 heavy (non-hydrogen) atoms. The zero-order valence-electron chi connectivity index (χ0n) is 8.80. The smallest absolute Gasteiger partial charge is 0.151 e. The van der Waals surface area contributed by atoms with Crippen LogP contribution in [0.25, 0.3) is 0 Å². The number of rotatable bonds is 3. The van der Waals surface area contributed by atoms with Gasteiger partial charge in [0.15, 0.2) is 5.78 Å². The van der Waals surface area contributed by atoms with E-state index in [1.807, 2.05) is 0 Å². The zero-order valence-corrected chi connectivity index (χ0v) is 8.80. The van der Waals surface area contributed by atoms with Crippen molar-refractivity contribution in [1.29, 1.82) is 0 Å². The van der Waals surface area contributed by atoms with Crippen molar-refractivity contribution in [3.8, 4) is 0 Å². The Kier molecular flexibility index (Phi) is 3.39. The third kappa shape index (κ3) is 1.72. The fraction of sp³-hybridized carbons (Fsp3) is 0.800. The number of carbonyl (C=O) groups excluding carboxylic acids is 2. The highest BCUT2D eigenvalue weighted by atomic mass is 16.1. The summed E-state index contributed by atoms with van der Waals surface area (Å²) in [5.41, 5.74) is 1.78. The molecule has 4 nitrogen and oxygen atoms in total. The molecule has 0 bridgehead atoms. The van der Waals surface area contributed by atoms with Crippen LogP contribution in [0.3, 0.4) is 0 Å². The Morgan fingerprint density at radius 2 is 2.00 bits per heavy atom. The molecular weight excluding hydrogens is 180 g/mol. The number of nitrogens with two attached hydrogens (primary N) is 1. The average Bonchev–Trinajstić information content (AvgIpc) is 2.17. The first-order valence-electron chi connectivity index (χ1n) is 5.04. The lowest BCUT2D eigenvalue weighted by Gasteiger charge is -2.40. The van der Waals surface area contributed by atoms with Crippen molar-refractivity contribution in [2.75, 3.05) is 0 Å². The van der Waals surface area contributed by atoms with E-state index in [2.05, 4.69) is 5.43 Å². The highest BCUT2D eigenvalue weighted by Gasteiger charge is 2.46. The van der Waals surface area contributed by atoms with Crippen LogP contribution in [-0.4, -0.2) is 17.1 Å². The minimum Gasteiger partial charge on any atom is -0.300 e. The van der Waals surface area contributed by atoms with Crippen LogP contribution in [0.1, 0.15) is 39.5 Å². The first-order valence-corrected chi connectivity index (χ1v) is 5.04. The standard InChI is InChI=1S/C10H18N2O2/c1-7(13)9-5-3-4-6-10(9,12-11)8(2)14/h9,12H,3-6,11H2,1-2H3. The molecule has 1 aliphatic rings. The summed E-state index contributed by atoms with van der Waals surface area (Å²) in [5.74, 6) is 5.22. The molecule has 0 aromatic heterocycles. The number of carbonyl (C=O) groups is 2. The van der Waals surface area contributed by atoms with Crippen LogP contribution in [-0.2, 0) is 9.59 Å². The van der Waals surface area contributed by atoms with E-state index in [1.54, 1.807) is 0 Å². The lowest BCUT2D eigenvalue weighted by atomic mass is 9.69. The van der Waals surface area contributed by atoms with E-state index in [9.17, 15) is 9.59 Å². The maximum Gasteiger partial charge on any atom is 0.151 e. The maximum absolute atomic E-state index is 11.6. The summed E-state index contributed by atoms with van der Waals surface area (Å²) < 4.78 is 0. The highest BCUT2D eigenvalue weighted by Crippen LogP contribution is 2.34. The van der Waals surface area contributed by atoms with Gasteiger partial charge >= 0.3 is 0 Å². The molecule has 0 amide bonds. The quantitative estimate of drug-likeness (QED) is 0.513. The van der Waals surface area contributed by atoms with Gasteiger partial charge in [0, 0.05) is 5.92 Å². The van der Waals surface area contributed by atoms with Gasteiger partial charge in [0.05, 0.1) is 5.54 Å². The molecule has 4 heteroatoms. The molecule has 0 spiro atoms. The Morgan fingerprint density at radius 1 is 1.36 bits per heavy atom. The fourth-order valence-corrected chi connectivity index (χ4v) is 2.42. The summed E-state index contributed by atoms with van der Waals surface area (Å²) in [5, 5.41) is 0. The number of ketones is 2. The molecule has 0 aliphatic heterocycles. The average molecular weight is 198 g/mol. The molecule has 2 atom stereocenters. The van der Waals surface area contributed by atoms with Crippen LogP contribution < -0.4 is 11.3 Å². The summed E-state index contributed by atoms with van der Waals surface area (Å²) in [6, 6.07) is 0. The normalized spacial score (nSPS) is 32.6. The van der Waals surface area contributed by atoms with Gasteiger partial charge in [0.2, 0.25) is 0 Å². The van der Waals surface area contributed by atoms with Gasteiger partial charge in [-0.15, -0.1) is 0 Å². The second-order valence-electron chi connectivity index (χ2n) is 4.08. The third-order valence-electron chi connectivity index (χ3n) is 3.29. The van der Waals surface area contributed by atoms with E-state index in [4.69, 9.17) is 5.84 Å². The SMILES string of the molecule is CC(=O)C1CCCCC1(NN)C(C)=O. The van der Waals surface area contributed by atoms with Crippen molar-refractivity contribution in [2.45, 2.75) is 45.1 Å². The van der Waals surface area contributed by atoms with E-state index < -0.39 is 5.54 Å². The Morgan fingerprint density at radius 3 is 2.36 bits per heavy atom. The van der Waals surface area contributed by atoms with Gasteiger partial charge < -0.3 is 0 Å². The van der Waals surface area contributed by atoms with Gasteiger partial charge in [0.1, 0.15) is 5.78 Å². The summed E-state index contributed by atoms with van der Waals surface area (Å²) in [6.45, 7) is 3.03. The largest absolute Gasteiger partial charge is 0.300 e. The molecule has 1 fully saturated rings. The van der Waals surface area contributed by atoms with E-state index in [0.717, 1.165) is 19.3 Å². The molecule has 0 aromatic rings. The fourth-order valence-electron chi connectivity index (χ4n) is 2.42. The minimum absolute atomic E-state index is 0.0279. The van der Waals surface area contributed by atoms with E-state index in [1.165, 1.54) is 13.8 Å². The Bertz CT molecular complexity index is 253. The first kappa shape index (κ1) is 11.3. The topological polar surface area (TPSA) is 72.2 Å². The van der Waals surface area contributed by atoms with Crippen LogP contribution in [0.5, 0.6) is 0 Å². The third-order valence-corrected chi connectivity index (χ3v) is 3.29. The zero-order chi connectivity index (χ0) is 10.8. The van der Waals surface area contributed by atoms with Crippen molar-refractivity contribution in [3.63, 3.8) is 0 Å². The number of Topliss-reactive ketones (excluding diaryl/α,β-unsaturated/α-hetero) is 2. The minimum atomic E-state index is -0.802. The summed E-state index contributed by atoms with van der Waals surface area (Å²) in [6.07, 6.45) is 3.39. The van der Waals surface area contributed by atoms with Gasteiger partial charge in [-0.05, 0) is 26.7 Å². The predicted molar refractivity (Wildman–Crippen MR) is 53.4 cm³/mol. The predicted octanol–water partition coefficient (Wildman–Crippen LogP) is 0.557. The second kappa shape index (κ2) is 4.19. The molecule has 0 radical (unpaired) electrons. The van der Waals surface area contributed by atoms with Gasteiger partial charge in [-0.2, -0.15) is 0 Å². The molecule has 0 aromatic carbocycles. The summed E-state index contributed by atoms with van der Waals surface area (Å²) in [7, 11) is 0. The van der Waals surface area contributed by atoms with Gasteiger partial charge in [0.25, 0.3) is 0 Å². The number of hydrazine groups is 1. The van der Waals surface area contributed by atoms with Gasteiger partial charge in [-0.3, -0.25) is 15.4 Å². The number of hydrogen-bond donors (Lipinski definition) is 2. The van der Waals surface area contributed by atoms with Crippen LogP contribution >= 0.6 is 0 Å². The van der Waals surface area contributed by atoms with Crippen molar-refractivity contribution in [3.05, 3.63) is 0 Å². The molecule has 0 saturated heterocycles. The lowest BCUT2D eigenvalue weighted by molar-refractivity contribution is -0.135. The van der Waals surface area contributed by atoms with Crippen molar-refractivity contribution in [2.24, 2.45) is 11.8 Å². The van der Waals surface area contributed by atoms with Gasteiger partial charge in [-0.25, -0.2) is 5.43 Å². The van der Waals surface area contributed by atoms with E-state index in [-0.39, 0.29) is 17.5 Å². The molecule has 1 rings (SSSR count). The maximum atomic E-state index is 11.6. The van der Waals surface area contributed by atoms with Crippen molar-refractivity contribution >= 4 is 11.6 Å². The van der Waals surface area contributed by atoms with Crippen LogP contribution in [0.2, 0.25) is 0 Å². The van der Waals surface area contributed by atoms with Crippen LogP contribution in [0.15, 0.2) is 0 Å². The van der Waals surface area contributed by atoms with Gasteiger partial charge in [-0.1, -0.05) is 12.8 Å². The molecular formula is C10H18N2O2. The summed E-state index contributed by atoms with van der Waals surface area (Å²) in [4.78, 5) is 23.0. The molecule has 80 valence electrons. The van der Waals surface area contributed by atoms with Crippen LogP contribution in [0.4, 0.5) is 0 Å². The molecule has 1 saturated carbocycles. The molecule has 1 aliphatic carbocycles. The Labute approximate surface area is 84.2 Å². The molecule has 2 unspecified atom stereocenters.